The number of aliphatic carboxylic acids is 1. The fraction of sp³-hybridized carbons (Fsp3) is 0.846. The number of alkyl carbamates (subject to hydrolysis) is 1. The van der Waals surface area contributed by atoms with E-state index in [9.17, 15) is 9.59 Å². The Hall–Kier alpha value is -1.30. The summed E-state index contributed by atoms with van der Waals surface area (Å²) in [6, 6.07) is 0. The minimum Gasteiger partial charge on any atom is -0.481 e. The van der Waals surface area contributed by atoms with Crippen molar-refractivity contribution in [2.75, 3.05) is 26.2 Å². The Morgan fingerprint density at radius 2 is 2.11 bits per heavy atom. The normalized spacial score (nSPS) is 20.9. The molecule has 1 heterocycles. The van der Waals surface area contributed by atoms with E-state index in [1.165, 1.54) is 0 Å². The Balaban J connectivity index is 2.22. The van der Waals surface area contributed by atoms with E-state index in [0.717, 1.165) is 19.4 Å². The number of carbonyl (C=O) groups excluding carboxylic acids is 1. The molecule has 110 valence electrons. The van der Waals surface area contributed by atoms with Gasteiger partial charge in [-0.05, 0) is 40.2 Å². The molecule has 19 heavy (non-hydrogen) atoms. The van der Waals surface area contributed by atoms with E-state index in [1.807, 2.05) is 20.8 Å². The Labute approximate surface area is 114 Å². The van der Waals surface area contributed by atoms with Crippen molar-refractivity contribution in [3.05, 3.63) is 0 Å². The number of nitrogens with zero attached hydrogens (tertiary/aromatic N) is 1. The summed E-state index contributed by atoms with van der Waals surface area (Å²) >= 11 is 0. The Bertz CT molecular complexity index is 325. The average molecular weight is 272 g/mol. The van der Waals surface area contributed by atoms with Crippen LogP contribution >= 0.6 is 0 Å². The van der Waals surface area contributed by atoms with Gasteiger partial charge in [-0.25, -0.2) is 4.79 Å². The summed E-state index contributed by atoms with van der Waals surface area (Å²) in [5, 5.41) is 11.7. The topological polar surface area (TPSA) is 78.9 Å². The highest BCUT2D eigenvalue weighted by Gasteiger charge is 2.25. The molecule has 1 atom stereocenters. The van der Waals surface area contributed by atoms with Crippen LogP contribution < -0.4 is 5.32 Å². The summed E-state index contributed by atoms with van der Waals surface area (Å²) in [4.78, 5) is 24.4. The largest absolute Gasteiger partial charge is 0.481 e. The van der Waals surface area contributed by atoms with Crippen molar-refractivity contribution in [1.82, 2.24) is 10.2 Å². The van der Waals surface area contributed by atoms with Gasteiger partial charge in [0.15, 0.2) is 0 Å². The summed E-state index contributed by atoms with van der Waals surface area (Å²) < 4.78 is 5.12. The maximum atomic E-state index is 11.4. The first kappa shape index (κ1) is 15.8. The lowest BCUT2D eigenvalue weighted by Gasteiger charge is -2.30. The van der Waals surface area contributed by atoms with E-state index in [-0.39, 0.29) is 5.92 Å². The molecule has 0 saturated carbocycles. The van der Waals surface area contributed by atoms with Crippen LogP contribution in [0.4, 0.5) is 4.79 Å². The van der Waals surface area contributed by atoms with Gasteiger partial charge in [-0.2, -0.15) is 0 Å². The molecule has 1 aliphatic heterocycles. The van der Waals surface area contributed by atoms with Crippen molar-refractivity contribution in [2.24, 2.45) is 5.92 Å². The second-order valence-corrected chi connectivity index (χ2v) is 5.91. The lowest BCUT2D eigenvalue weighted by atomic mass is 9.98. The zero-order valence-corrected chi connectivity index (χ0v) is 11.9. The van der Waals surface area contributed by atoms with Gasteiger partial charge in [0, 0.05) is 19.6 Å². The summed E-state index contributed by atoms with van der Waals surface area (Å²) in [5.74, 6) is -1.01. The standard InChI is InChI=1S/C13H24N2O4/c1-13(2,3)19-12(18)14-6-8-15-7-4-5-10(9-15)11(16)17/h10H,4-9H2,1-3H3,(H,14,18)(H,16,17). The summed E-state index contributed by atoms with van der Waals surface area (Å²) in [7, 11) is 0. The number of carboxylic acids is 1. The first-order valence-corrected chi connectivity index (χ1v) is 6.70. The second-order valence-electron chi connectivity index (χ2n) is 5.91. The van der Waals surface area contributed by atoms with Crippen LogP contribution in [-0.2, 0) is 9.53 Å². The predicted molar refractivity (Wildman–Crippen MR) is 71.0 cm³/mol. The van der Waals surface area contributed by atoms with E-state index >= 15 is 0 Å². The van der Waals surface area contributed by atoms with Gasteiger partial charge in [0.2, 0.25) is 0 Å². The summed E-state index contributed by atoms with van der Waals surface area (Å²) in [6.07, 6.45) is 1.20. The lowest BCUT2D eigenvalue weighted by Crippen LogP contribution is -2.43. The maximum absolute atomic E-state index is 11.4. The zero-order valence-electron chi connectivity index (χ0n) is 11.9. The Morgan fingerprint density at radius 3 is 2.68 bits per heavy atom. The molecule has 0 radical (unpaired) electrons. The first-order chi connectivity index (χ1) is 8.78. The van der Waals surface area contributed by atoms with Gasteiger partial charge < -0.3 is 20.1 Å². The maximum Gasteiger partial charge on any atom is 0.407 e. The van der Waals surface area contributed by atoms with Crippen molar-refractivity contribution in [3.8, 4) is 0 Å². The van der Waals surface area contributed by atoms with Gasteiger partial charge in [0.25, 0.3) is 0 Å². The van der Waals surface area contributed by atoms with Crippen LogP contribution in [0.2, 0.25) is 0 Å². The second kappa shape index (κ2) is 6.75. The number of nitrogens with one attached hydrogen (secondary N) is 1. The van der Waals surface area contributed by atoms with Crippen molar-refractivity contribution in [1.29, 1.82) is 0 Å². The third kappa shape index (κ3) is 6.42. The SMILES string of the molecule is CC(C)(C)OC(=O)NCCN1CCCC(C(=O)O)C1. The van der Waals surface area contributed by atoms with Crippen LogP contribution in [0.5, 0.6) is 0 Å². The smallest absolute Gasteiger partial charge is 0.407 e. The molecular formula is C13H24N2O4. The van der Waals surface area contributed by atoms with E-state index in [2.05, 4.69) is 10.2 Å². The molecule has 1 aliphatic rings. The number of carbonyl (C=O) groups is 2. The minimum absolute atomic E-state index is 0.282. The quantitative estimate of drug-likeness (QED) is 0.806. The zero-order chi connectivity index (χ0) is 14.5. The number of rotatable bonds is 4. The number of hydrogen-bond donors (Lipinski definition) is 2. The molecule has 1 saturated heterocycles. The Morgan fingerprint density at radius 1 is 1.42 bits per heavy atom. The third-order valence-corrected chi connectivity index (χ3v) is 2.95. The monoisotopic (exact) mass is 272 g/mol. The molecule has 1 rings (SSSR count). The first-order valence-electron chi connectivity index (χ1n) is 6.70. The van der Waals surface area contributed by atoms with Crippen molar-refractivity contribution < 1.29 is 19.4 Å². The summed E-state index contributed by atoms with van der Waals surface area (Å²) in [6.45, 7) is 8.02. The van der Waals surface area contributed by atoms with Crippen LogP contribution in [0, 0.1) is 5.92 Å². The molecule has 0 aliphatic carbocycles. The van der Waals surface area contributed by atoms with Crippen molar-refractivity contribution >= 4 is 12.1 Å². The van der Waals surface area contributed by atoms with Gasteiger partial charge in [-0.3, -0.25) is 4.79 Å². The van der Waals surface area contributed by atoms with Gasteiger partial charge in [-0.1, -0.05) is 0 Å². The van der Waals surface area contributed by atoms with Crippen LogP contribution in [0.25, 0.3) is 0 Å². The van der Waals surface area contributed by atoms with Crippen LogP contribution in [-0.4, -0.2) is 53.8 Å². The molecular weight excluding hydrogens is 248 g/mol. The molecule has 1 unspecified atom stereocenters. The van der Waals surface area contributed by atoms with Gasteiger partial charge in [0.05, 0.1) is 5.92 Å². The van der Waals surface area contributed by atoms with E-state index in [4.69, 9.17) is 9.84 Å². The van der Waals surface area contributed by atoms with Crippen LogP contribution in [0.1, 0.15) is 33.6 Å². The van der Waals surface area contributed by atoms with E-state index < -0.39 is 17.7 Å². The van der Waals surface area contributed by atoms with Gasteiger partial charge in [0.1, 0.15) is 5.60 Å². The lowest BCUT2D eigenvalue weighted by molar-refractivity contribution is -0.143. The Kier molecular flexibility index (Phi) is 5.60. The number of carboxylic acid groups (broad SMARTS) is 1. The molecule has 0 aromatic carbocycles. The molecule has 0 spiro atoms. The summed E-state index contributed by atoms with van der Waals surface area (Å²) in [5.41, 5.74) is -0.496. The van der Waals surface area contributed by atoms with Crippen LogP contribution in [0.3, 0.4) is 0 Å². The molecule has 0 aromatic heterocycles. The minimum atomic E-state index is -0.732. The molecule has 1 amide bonds. The number of ether oxygens (including phenoxy) is 1. The highest BCUT2D eigenvalue weighted by molar-refractivity contribution is 5.70. The molecule has 1 fully saturated rings. The fourth-order valence-corrected chi connectivity index (χ4v) is 2.09. The number of likely N-dealkylation sites (tertiary alicyclic amines) is 1. The molecule has 6 heteroatoms. The van der Waals surface area contributed by atoms with Gasteiger partial charge >= 0.3 is 12.1 Å². The molecule has 6 nitrogen and oxygen atoms in total. The number of piperidine rings is 1. The number of hydrogen-bond acceptors (Lipinski definition) is 4. The van der Waals surface area contributed by atoms with Gasteiger partial charge in [-0.15, -0.1) is 0 Å². The van der Waals surface area contributed by atoms with E-state index in [1.54, 1.807) is 0 Å². The van der Waals surface area contributed by atoms with Crippen LogP contribution in [0.15, 0.2) is 0 Å². The predicted octanol–water partition coefficient (Wildman–Crippen LogP) is 1.31. The highest BCUT2D eigenvalue weighted by atomic mass is 16.6. The van der Waals surface area contributed by atoms with E-state index in [0.29, 0.717) is 19.6 Å². The third-order valence-electron chi connectivity index (χ3n) is 2.95. The molecule has 0 aromatic rings. The van der Waals surface area contributed by atoms with Crippen molar-refractivity contribution in [2.45, 2.75) is 39.2 Å². The number of amides is 1. The molecule has 2 N–H and O–H groups in total. The average Bonchev–Trinajstić information content (AvgIpc) is 2.27. The van der Waals surface area contributed by atoms with Crippen molar-refractivity contribution in [3.63, 3.8) is 0 Å². The molecule has 0 bridgehead atoms. The highest BCUT2D eigenvalue weighted by Crippen LogP contribution is 2.15. The fourth-order valence-electron chi connectivity index (χ4n) is 2.09.